The first-order valence-electron chi connectivity index (χ1n) is 7.15. The van der Waals surface area contributed by atoms with Crippen LogP contribution in [-0.4, -0.2) is 36.9 Å². The Morgan fingerprint density at radius 1 is 1.22 bits per heavy atom. The van der Waals surface area contributed by atoms with Gasteiger partial charge < -0.3 is 4.90 Å². The molecule has 0 spiro atoms. The van der Waals surface area contributed by atoms with Crippen molar-refractivity contribution in [1.29, 1.82) is 0 Å². The molecule has 1 aromatic carbocycles. The van der Waals surface area contributed by atoms with Gasteiger partial charge in [-0.25, -0.2) is 13.6 Å². The molecule has 9 heteroatoms. The summed E-state index contributed by atoms with van der Waals surface area (Å²) in [5, 5.41) is 4.90. The average Bonchev–Trinajstić information content (AvgIpc) is 2.93. The molecule has 0 aromatic heterocycles. The van der Waals surface area contributed by atoms with Gasteiger partial charge in [0.2, 0.25) is 15.1 Å². The number of rotatable bonds is 2. The van der Waals surface area contributed by atoms with Gasteiger partial charge in [0.15, 0.2) is 0 Å². The van der Waals surface area contributed by atoms with E-state index in [1.54, 1.807) is 4.90 Å². The fraction of sp³-hybridized carbons (Fsp3) is 0.429. The topological polar surface area (TPSA) is 97.5 Å². The van der Waals surface area contributed by atoms with Gasteiger partial charge in [-0.3, -0.25) is 9.59 Å². The molecule has 1 amide bonds. The minimum Gasteiger partial charge on any atom is -0.327 e. The number of amides is 1. The van der Waals surface area contributed by atoms with E-state index in [4.69, 9.17) is 16.7 Å². The Balaban J connectivity index is 2.11. The van der Waals surface area contributed by atoms with Crippen LogP contribution in [0.25, 0.3) is 0 Å². The maximum atomic E-state index is 12.8. The summed E-state index contributed by atoms with van der Waals surface area (Å²) in [7, 11) is -4.05. The molecule has 0 bridgehead atoms. The minimum absolute atomic E-state index is 0.0190. The first kappa shape index (κ1) is 16.8. The molecule has 1 aromatic rings. The molecular formula is C14H15ClN2O4S2. The lowest BCUT2D eigenvalue weighted by molar-refractivity contribution is -0.111. The van der Waals surface area contributed by atoms with Crippen LogP contribution in [0.5, 0.6) is 0 Å². The van der Waals surface area contributed by atoms with Crippen molar-refractivity contribution in [2.45, 2.75) is 41.5 Å². The van der Waals surface area contributed by atoms with Gasteiger partial charge in [-0.15, -0.1) is 0 Å². The Bertz CT molecular complexity index is 788. The van der Waals surface area contributed by atoms with Crippen LogP contribution in [0.1, 0.15) is 36.0 Å². The number of halogens is 1. The Kier molecular flexibility index (Phi) is 4.43. The summed E-state index contributed by atoms with van der Waals surface area (Å²) in [6.45, 7) is 0.0190. The van der Waals surface area contributed by atoms with Gasteiger partial charge >= 0.3 is 0 Å². The van der Waals surface area contributed by atoms with Gasteiger partial charge in [-0.1, -0.05) is 24.4 Å². The molecule has 1 heterocycles. The zero-order valence-electron chi connectivity index (χ0n) is 12.1. The Morgan fingerprint density at radius 3 is 2.48 bits per heavy atom. The largest absolute Gasteiger partial charge is 0.327 e. The summed E-state index contributed by atoms with van der Waals surface area (Å²) in [4.78, 5) is 26.6. The number of primary sulfonamides is 1. The smallest absolute Gasteiger partial charge is 0.255 e. The van der Waals surface area contributed by atoms with Gasteiger partial charge in [-0.05, 0) is 36.7 Å². The Labute approximate surface area is 143 Å². The van der Waals surface area contributed by atoms with Crippen molar-refractivity contribution in [2.75, 3.05) is 6.54 Å². The average molecular weight is 375 g/mol. The van der Waals surface area contributed by atoms with E-state index < -0.39 is 10.0 Å². The molecule has 0 atom stereocenters. The lowest BCUT2D eigenvalue weighted by Gasteiger charge is -2.26. The lowest BCUT2D eigenvalue weighted by atomic mass is 10.1. The monoisotopic (exact) mass is 374 g/mol. The molecule has 0 saturated heterocycles. The zero-order chi connectivity index (χ0) is 16.8. The van der Waals surface area contributed by atoms with Crippen molar-refractivity contribution in [2.24, 2.45) is 5.14 Å². The van der Waals surface area contributed by atoms with Crippen LogP contribution in [0, 0.1) is 0 Å². The number of hydrogen-bond donors (Lipinski definition) is 1. The number of hydrogen-bond acceptors (Lipinski definition) is 5. The van der Waals surface area contributed by atoms with Gasteiger partial charge in [0.25, 0.3) is 5.91 Å². The molecule has 1 aliphatic carbocycles. The lowest BCUT2D eigenvalue weighted by Crippen LogP contribution is -2.40. The van der Waals surface area contributed by atoms with Crippen LogP contribution in [0.2, 0.25) is 5.02 Å². The molecule has 0 radical (unpaired) electrons. The van der Waals surface area contributed by atoms with Crippen LogP contribution < -0.4 is 5.14 Å². The second-order valence-corrected chi connectivity index (χ2v) is 8.71. The SMILES string of the molecule is NS(=O)(=O)c1cc2c(cc1Cl)SC(=O)CN(C1CCCC1)C2=O. The molecule has 1 saturated carbocycles. The predicted octanol–water partition coefficient (Wildman–Crippen LogP) is 2.00. The number of thioether (sulfide) groups is 1. The van der Waals surface area contributed by atoms with E-state index in [0.717, 1.165) is 37.4 Å². The maximum Gasteiger partial charge on any atom is 0.255 e. The summed E-state index contributed by atoms with van der Waals surface area (Å²) in [6, 6.07) is 2.53. The third-order valence-electron chi connectivity index (χ3n) is 4.12. The van der Waals surface area contributed by atoms with Crippen LogP contribution in [0.3, 0.4) is 0 Å². The van der Waals surface area contributed by atoms with Crippen molar-refractivity contribution in [1.82, 2.24) is 4.90 Å². The number of nitrogens with two attached hydrogens (primary N) is 1. The van der Waals surface area contributed by atoms with Crippen molar-refractivity contribution in [3.63, 3.8) is 0 Å². The van der Waals surface area contributed by atoms with Gasteiger partial charge in [0.05, 0.1) is 17.1 Å². The van der Waals surface area contributed by atoms with Crippen molar-refractivity contribution < 1.29 is 18.0 Å². The summed E-state index contributed by atoms with van der Waals surface area (Å²) in [6.07, 6.45) is 3.75. The van der Waals surface area contributed by atoms with E-state index in [9.17, 15) is 18.0 Å². The minimum atomic E-state index is -4.05. The summed E-state index contributed by atoms with van der Waals surface area (Å²) in [5.41, 5.74) is 0.168. The third kappa shape index (κ3) is 3.26. The molecule has 23 heavy (non-hydrogen) atoms. The number of carbonyl (C=O) groups excluding carboxylic acids is 2. The first-order valence-corrected chi connectivity index (χ1v) is 9.89. The van der Waals surface area contributed by atoms with E-state index in [0.29, 0.717) is 4.90 Å². The van der Waals surface area contributed by atoms with Gasteiger partial charge in [-0.2, -0.15) is 0 Å². The Morgan fingerprint density at radius 2 is 1.87 bits per heavy atom. The zero-order valence-corrected chi connectivity index (χ0v) is 14.5. The summed E-state index contributed by atoms with van der Waals surface area (Å²) in [5.74, 6) is -0.341. The van der Waals surface area contributed by atoms with E-state index in [1.807, 2.05) is 0 Å². The second kappa shape index (κ2) is 6.08. The van der Waals surface area contributed by atoms with Crippen LogP contribution in [0.4, 0.5) is 0 Å². The molecule has 124 valence electrons. The second-order valence-electron chi connectivity index (χ2n) is 5.67. The van der Waals surface area contributed by atoms with Crippen LogP contribution in [0.15, 0.2) is 21.9 Å². The molecule has 1 fully saturated rings. The molecule has 6 nitrogen and oxygen atoms in total. The number of benzene rings is 1. The standard InChI is InChI=1S/C14H15ClN2O4S2/c15-10-6-11-9(5-12(10)23(16,20)21)14(19)17(7-13(18)22-11)8-3-1-2-4-8/h5-6,8H,1-4,7H2,(H2,16,20,21). The fourth-order valence-corrected chi connectivity index (χ4v) is 5.08. The normalized spacial score (nSPS) is 19.8. The van der Waals surface area contributed by atoms with Crippen molar-refractivity contribution >= 4 is 44.4 Å². The highest BCUT2D eigenvalue weighted by Crippen LogP contribution is 2.36. The van der Waals surface area contributed by atoms with E-state index >= 15 is 0 Å². The number of sulfonamides is 1. The van der Waals surface area contributed by atoms with Crippen molar-refractivity contribution in [3.05, 3.63) is 22.7 Å². The number of carbonyl (C=O) groups is 2. The molecule has 2 N–H and O–H groups in total. The van der Waals surface area contributed by atoms with Gasteiger partial charge in [0.1, 0.15) is 4.90 Å². The highest BCUT2D eigenvalue weighted by Gasteiger charge is 2.34. The molecule has 1 aliphatic heterocycles. The quantitative estimate of drug-likeness (QED) is 0.853. The highest BCUT2D eigenvalue weighted by atomic mass is 35.5. The number of fused-ring (bicyclic) bond motifs is 1. The van der Waals surface area contributed by atoms with Crippen LogP contribution in [-0.2, 0) is 14.8 Å². The van der Waals surface area contributed by atoms with Crippen LogP contribution >= 0.6 is 23.4 Å². The molecule has 0 unspecified atom stereocenters. The molecule has 2 aliphatic rings. The first-order chi connectivity index (χ1) is 10.8. The molecule has 3 rings (SSSR count). The Hall–Kier alpha value is -1.09. The summed E-state index contributed by atoms with van der Waals surface area (Å²) < 4.78 is 23.3. The van der Waals surface area contributed by atoms with E-state index in [2.05, 4.69) is 0 Å². The molecular weight excluding hydrogens is 360 g/mol. The fourth-order valence-electron chi connectivity index (χ4n) is 3.04. The van der Waals surface area contributed by atoms with E-state index in [-0.39, 0.29) is 39.1 Å². The maximum absolute atomic E-state index is 12.8. The third-order valence-corrected chi connectivity index (χ3v) is 6.41. The highest BCUT2D eigenvalue weighted by molar-refractivity contribution is 8.13. The number of nitrogens with zero attached hydrogens (tertiary/aromatic N) is 1. The van der Waals surface area contributed by atoms with E-state index in [1.165, 1.54) is 12.1 Å². The summed E-state index contributed by atoms with van der Waals surface area (Å²) >= 11 is 6.86. The predicted molar refractivity (Wildman–Crippen MR) is 87.0 cm³/mol. The van der Waals surface area contributed by atoms with Gasteiger partial charge in [0, 0.05) is 10.9 Å². The van der Waals surface area contributed by atoms with Crippen molar-refractivity contribution in [3.8, 4) is 0 Å².